The van der Waals surface area contributed by atoms with Gasteiger partial charge in [-0.25, -0.2) is 13.2 Å². The van der Waals surface area contributed by atoms with Gasteiger partial charge in [0, 0.05) is 18.6 Å². The Morgan fingerprint density at radius 3 is 2.48 bits per heavy atom. The van der Waals surface area contributed by atoms with Gasteiger partial charge in [0.05, 0.1) is 11.4 Å². The number of halogens is 3. The third-order valence-electron chi connectivity index (χ3n) is 3.91. The second-order valence-electron chi connectivity index (χ2n) is 5.68. The number of aliphatic hydroxyl groups excluding tert-OH is 1. The summed E-state index contributed by atoms with van der Waals surface area (Å²) in [6.07, 6.45) is 1.58. The maximum absolute atomic E-state index is 14.2. The Morgan fingerprint density at radius 1 is 1.08 bits per heavy atom. The van der Waals surface area contributed by atoms with Crippen LogP contribution in [0.25, 0.3) is 0 Å². The lowest BCUT2D eigenvalue weighted by molar-refractivity contribution is 0.0978. The number of ketones is 1. The molecule has 25 heavy (non-hydrogen) atoms. The highest BCUT2D eigenvalue weighted by Crippen LogP contribution is 2.29. The normalized spacial score (nSPS) is 10.8. The van der Waals surface area contributed by atoms with Crippen molar-refractivity contribution in [2.24, 2.45) is 0 Å². The van der Waals surface area contributed by atoms with E-state index in [4.69, 9.17) is 5.11 Å². The zero-order chi connectivity index (χ0) is 18.4. The molecule has 0 spiro atoms. The van der Waals surface area contributed by atoms with Gasteiger partial charge in [0.1, 0.15) is 5.82 Å². The summed E-state index contributed by atoms with van der Waals surface area (Å²) >= 11 is 0. The monoisotopic (exact) mass is 351 g/mol. The Kier molecular flexibility index (Phi) is 6.58. The van der Waals surface area contributed by atoms with E-state index in [1.165, 1.54) is 18.2 Å². The van der Waals surface area contributed by atoms with E-state index in [-0.39, 0.29) is 30.0 Å². The molecule has 0 bridgehead atoms. The van der Waals surface area contributed by atoms with E-state index in [9.17, 15) is 18.0 Å². The van der Waals surface area contributed by atoms with Crippen LogP contribution in [0.3, 0.4) is 0 Å². The third-order valence-corrected chi connectivity index (χ3v) is 3.91. The minimum Gasteiger partial charge on any atom is -0.396 e. The van der Waals surface area contributed by atoms with Gasteiger partial charge in [-0.05, 0) is 49.1 Å². The third kappa shape index (κ3) is 4.60. The van der Waals surface area contributed by atoms with Crippen molar-refractivity contribution >= 4 is 17.2 Å². The first-order valence-corrected chi connectivity index (χ1v) is 8.15. The number of anilines is 2. The van der Waals surface area contributed by atoms with Gasteiger partial charge < -0.3 is 10.4 Å². The average molecular weight is 351 g/mol. The van der Waals surface area contributed by atoms with Crippen LogP contribution in [0.4, 0.5) is 24.5 Å². The topological polar surface area (TPSA) is 49.3 Å². The summed E-state index contributed by atoms with van der Waals surface area (Å²) in [5.74, 6) is -3.37. The first-order chi connectivity index (χ1) is 12.0. The lowest BCUT2D eigenvalue weighted by Gasteiger charge is -2.14. The predicted molar refractivity (Wildman–Crippen MR) is 90.7 cm³/mol. The Balaban J connectivity index is 2.35. The molecule has 0 heterocycles. The van der Waals surface area contributed by atoms with Crippen molar-refractivity contribution < 1.29 is 23.1 Å². The Morgan fingerprint density at radius 2 is 1.84 bits per heavy atom. The molecule has 2 rings (SSSR count). The van der Waals surface area contributed by atoms with Gasteiger partial charge >= 0.3 is 0 Å². The number of carbonyl (C=O) groups is 1. The first kappa shape index (κ1) is 19.0. The highest BCUT2D eigenvalue weighted by molar-refractivity contribution is 6.02. The van der Waals surface area contributed by atoms with Crippen LogP contribution in [0.2, 0.25) is 0 Å². The minimum atomic E-state index is -1.23. The zero-order valence-electron chi connectivity index (χ0n) is 13.9. The molecule has 3 nitrogen and oxygen atoms in total. The number of unbranched alkanes of at least 4 members (excludes halogenated alkanes) is 1. The molecule has 134 valence electrons. The quantitative estimate of drug-likeness (QED) is 0.533. The fourth-order valence-corrected chi connectivity index (χ4v) is 2.45. The molecule has 0 atom stereocenters. The maximum atomic E-state index is 14.2. The largest absolute Gasteiger partial charge is 0.396 e. The summed E-state index contributed by atoms with van der Waals surface area (Å²) in [6, 6.07) is 6.46. The molecule has 0 unspecified atom stereocenters. The molecule has 0 saturated heterocycles. The van der Waals surface area contributed by atoms with Gasteiger partial charge in [0.15, 0.2) is 17.4 Å². The summed E-state index contributed by atoms with van der Waals surface area (Å²) in [5, 5.41) is 11.3. The molecule has 0 aliphatic carbocycles. The van der Waals surface area contributed by atoms with Gasteiger partial charge in [-0.15, -0.1) is 0 Å². The molecule has 2 N–H and O–H groups in total. The Bertz CT molecular complexity index is 763. The summed E-state index contributed by atoms with van der Waals surface area (Å²) in [4.78, 5) is 12.3. The minimum absolute atomic E-state index is 0.0360. The number of nitrogens with one attached hydrogen (secondary N) is 1. The van der Waals surface area contributed by atoms with E-state index in [1.54, 1.807) is 6.07 Å². The van der Waals surface area contributed by atoms with E-state index in [1.807, 2.05) is 6.92 Å². The summed E-state index contributed by atoms with van der Waals surface area (Å²) < 4.78 is 42.0. The standard InChI is InChI=1S/C19H20F3NO2/c1-2-12-6-9-16(15(21)11-12)23-19-13(7-8-14(20)18(19)22)17(25)5-3-4-10-24/h6-9,11,23-24H,2-5,10H2,1H3. The average Bonchev–Trinajstić information content (AvgIpc) is 2.60. The molecular formula is C19H20F3NO2. The molecule has 0 aromatic heterocycles. The van der Waals surface area contributed by atoms with Gasteiger partial charge in [-0.1, -0.05) is 13.0 Å². The number of benzene rings is 2. The molecule has 0 fully saturated rings. The molecule has 0 saturated carbocycles. The van der Waals surface area contributed by atoms with Crippen LogP contribution in [-0.4, -0.2) is 17.5 Å². The molecule has 0 radical (unpaired) electrons. The molecular weight excluding hydrogens is 331 g/mol. The van der Waals surface area contributed by atoms with Gasteiger partial charge in [0.25, 0.3) is 0 Å². The number of hydrogen-bond acceptors (Lipinski definition) is 3. The molecule has 2 aromatic carbocycles. The number of aliphatic hydroxyl groups is 1. The number of hydrogen-bond donors (Lipinski definition) is 2. The van der Waals surface area contributed by atoms with Crippen LogP contribution in [0.1, 0.15) is 42.1 Å². The molecule has 6 heteroatoms. The maximum Gasteiger partial charge on any atom is 0.182 e. The van der Waals surface area contributed by atoms with Crippen molar-refractivity contribution in [1.29, 1.82) is 0 Å². The fourth-order valence-electron chi connectivity index (χ4n) is 2.45. The molecule has 0 amide bonds. The van der Waals surface area contributed by atoms with Crippen LogP contribution >= 0.6 is 0 Å². The van der Waals surface area contributed by atoms with Gasteiger partial charge in [-0.3, -0.25) is 4.79 Å². The van der Waals surface area contributed by atoms with Crippen molar-refractivity contribution in [2.45, 2.75) is 32.6 Å². The highest BCUT2D eigenvalue weighted by Gasteiger charge is 2.19. The van der Waals surface area contributed by atoms with Crippen LogP contribution in [0, 0.1) is 17.5 Å². The van der Waals surface area contributed by atoms with E-state index in [0.29, 0.717) is 19.3 Å². The number of Topliss-reactive ketones (excluding diaryl/α,β-unsaturated/α-hetero) is 1. The van der Waals surface area contributed by atoms with Crippen molar-refractivity contribution in [3.05, 3.63) is 58.9 Å². The molecule has 0 aliphatic rings. The molecule has 2 aromatic rings. The summed E-state index contributed by atoms with van der Waals surface area (Å²) in [6.45, 7) is 1.82. The first-order valence-electron chi connectivity index (χ1n) is 8.15. The van der Waals surface area contributed by atoms with Crippen LogP contribution in [0.5, 0.6) is 0 Å². The van der Waals surface area contributed by atoms with Crippen molar-refractivity contribution in [3.63, 3.8) is 0 Å². The highest BCUT2D eigenvalue weighted by atomic mass is 19.2. The van der Waals surface area contributed by atoms with E-state index >= 15 is 0 Å². The Labute approximate surface area is 144 Å². The smallest absolute Gasteiger partial charge is 0.182 e. The summed E-state index contributed by atoms with van der Waals surface area (Å²) in [7, 11) is 0. The van der Waals surface area contributed by atoms with E-state index < -0.39 is 23.2 Å². The predicted octanol–water partition coefficient (Wildman–Crippen LogP) is 4.76. The second kappa shape index (κ2) is 8.67. The van der Waals surface area contributed by atoms with Crippen molar-refractivity contribution in [2.75, 3.05) is 11.9 Å². The van der Waals surface area contributed by atoms with E-state index in [2.05, 4.69) is 5.32 Å². The van der Waals surface area contributed by atoms with Crippen molar-refractivity contribution in [1.82, 2.24) is 0 Å². The lowest BCUT2D eigenvalue weighted by atomic mass is 10.0. The fraction of sp³-hybridized carbons (Fsp3) is 0.316. The molecule has 0 aliphatic heterocycles. The Hall–Kier alpha value is -2.34. The van der Waals surface area contributed by atoms with Crippen LogP contribution in [0.15, 0.2) is 30.3 Å². The van der Waals surface area contributed by atoms with E-state index in [0.717, 1.165) is 11.6 Å². The van der Waals surface area contributed by atoms with Crippen LogP contribution < -0.4 is 5.32 Å². The van der Waals surface area contributed by atoms with Crippen LogP contribution in [-0.2, 0) is 6.42 Å². The van der Waals surface area contributed by atoms with Gasteiger partial charge in [0.2, 0.25) is 0 Å². The van der Waals surface area contributed by atoms with Gasteiger partial charge in [-0.2, -0.15) is 0 Å². The number of rotatable bonds is 8. The SMILES string of the molecule is CCc1ccc(Nc2c(C(=O)CCCCO)ccc(F)c2F)c(F)c1. The zero-order valence-corrected chi connectivity index (χ0v) is 13.9. The summed E-state index contributed by atoms with van der Waals surface area (Å²) in [5.41, 5.74) is 0.308. The van der Waals surface area contributed by atoms with Crippen molar-refractivity contribution in [3.8, 4) is 0 Å². The second-order valence-corrected chi connectivity index (χ2v) is 5.68. The number of carbonyl (C=O) groups excluding carboxylic acids is 1. The lowest BCUT2D eigenvalue weighted by Crippen LogP contribution is -2.08. The number of aryl methyl sites for hydroxylation is 1.